The third-order valence-corrected chi connectivity index (χ3v) is 2.56. The quantitative estimate of drug-likeness (QED) is 0.810. The van der Waals surface area contributed by atoms with Gasteiger partial charge in [-0.25, -0.2) is 0 Å². The van der Waals surface area contributed by atoms with Crippen LogP contribution in [0, 0.1) is 0 Å². The molecule has 2 aromatic rings. The second-order valence-electron chi connectivity index (χ2n) is 5.01. The molecule has 0 N–H and O–H groups in total. The number of rotatable bonds is 3. The number of para-hydroxylation sites is 1. The Bertz CT molecular complexity index is 469. The van der Waals surface area contributed by atoms with Crippen molar-refractivity contribution in [1.29, 1.82) is 0 Å². The molecule has 0 bridgehead atoms. The smallest absolute Gasteiger partial charge is 0.174 e. The molecule has 0 saturated heterocycles. The molecule has 0 fully saturated rings. The Hall–Kier alpha value is -1.77. The third kappa shape index (κ3) is 2.87. The van der Waals surface area contributed by atoms with Crippen LogP contribution in [0.3, 0.4) is 0 Å². The zero-order chi connectivity index (χ0) is 12.3. The molecular formula is C14H17NO2. The summed E-state index contributed by atoms with van der Waals surface area (Å²) in [6.07, 6.45) is 1.62. The van der Waals surface area contributed by atoms with Crippen molar-refractivity contribution in [3.63, 3.8) is 0 Å². The minimum absolute atomic E-state index is 0.0675. The highest BCUT2D eigenvalue weighted by molar-refractivity contribution is 5.38. The van der Waals surface area contributed by atoms with E-state index in [9.17, 15) is 0 Å². The van der Waals surface area contributed by atoms with Crippen LogP contribution in [0.15, 0.2) is 41.1 Å². The van der Waals surface area contributed by atoms with Gasteiger partial charge in [0.2, 0.25) is 0 Å². The van der Waals surface area contributed by atoms with Crippen molar-refractivity contribution in [1.82, 2.24) is 5.16 Å². The average molecular weight is 231 g/mol. The molecule has 3 nitrogen and oxygen atoms in total. The van der Waals surface area contributed by atoms with Crippen LogP contribution in [0.4, 0.5) is 0 Å². The Kier molecular flexibility index (Phi) is 3.18. The number of aromatic nitrogens is 1. The molecule has 0 unspecified atom stereocenters. The fourth-order valence-corrected chi connectivity index (χ4v) is 1.68. The summed E-state index contributed by atoms with van der Waals surface area (Å²) < 4.78 is 10.8. The Balaban J connectivity index is 2.16. The average Bonchev–Trinajstić information content (AvgIpc) is 2.78. The molecule has 0 amide bonds. The van der Waals surface area contributed by atoms with Gasteiger partial charge in [-0.2, -0.15) is 0 Å². The summed E-state index contributed by atoms with van der Waals surface area (Å²) in [5, 5.41) is 3.65. The third-order valence-electron chi connectivity index (χ3n) is 2.56. The maximum absolute atomic E-state index is 5.77. The largest absolute Gasteiger partial charge is 0.485 e. The first-order valence-electron chi connectivity index (χ1n) is 5.69. The summed E-state index contributed by atoms with van der Waals surface area (Å²) in [6.45, 7) is 6.92. The highest BCUT2D eigenvalue weighted by atomic mass is 16.5. The van der Waals surface area contributed by atoms with Crippen molar-refractivity contribution >= 4 is 0 Å². The highest BCUT2D eigenvalue weighted by Crippen LogP contribution is 2.31. The lowest BCUT2D eigenvalue weighted by Crippen LogP contribution is -2.13. The van der Waals surface area contributed by atoms with Crippen LogP contribution in [0.1, 0.15) is 32.1 Å². The molecule has 0 aliphatic heterocycles. The van der Waals surface area contributed by atoms with Gasteiger partial charge < -0.3 is 9.26 Å². The lowest BCUT2D eigenvalue weighted by atomic mass is 9.86. The standard InChI is InChI=1S/C14H17NO2/c1-14(2,3)12-6-4-5-7-13(12)16-10-11-8-9-15-17-11/h4-9H,10H2,1-3H3. The predicted molar refractivity (Wildman–Crippen MR) is 66.0 cm³/mol. The van der Waals surface area contributed by atoms with Gasteiger partial charge in [0.25, 0.3) is 0 Å². The summed E-state index contributed by atoms with van der Waals surface area (Å²) in [5.74, 6) is 1.63. The van der Waals surface area contributed by atoms with Crippen molar-refractivity contribution in [3.05, 3.63) is 47.9 Å². The van der Waals surface area contributed by atoms with Crippen LogP contribution in [-0.4, -0.2) is 5.16 Å². The SMILES string of the molecule is CC(C)(C)c1ccccc1OCc1ccno1. The van der Waals surface area contributed by atoms with Gasteiger partial charge in [0.15, 0.2) is 5.76 Å². The fraction of sp³-hybridized carbons (Fsp3) is 0.357. The van der Waals surface area contributed by atoms with Gasteiger partial charge in [-0.05, 0) is 17.0 Å². The van der Waals surface area contributed by atoms with Crippen molar-refractivity contribution < 1.29 is 9.26 Å². The molecule has 0 spiro atoms. The predicted octanol–water partition coefficient (Wildman–Crippen LogP) is 3.55. The van der Waals surface area contributed by atoms with E-state index in [4.69, 9.17) is 9.26 Å². The van der Waals surface area contributed by atoms with Gasteiger partial charge in [0.1, 0.15) is 12.4 Å². The van der Waals surface area contributed by atoms with Crippen molar-refractivity contribution in [2.45, 2.75) is 32.8 Å². The number of nitrogens with zero attached hydrogens (tertiary/aromatic N) is 1. The summed E-state index contributed by atoms with van der Waals surface area (Å²) in [6, 6.07) is 9.89. The number of hydrogen-bond acceptors (Lipinski definition) is 3. The molecule has 90 valence electrons. The molecule has 0 atom stereocenters. The molecule has 2 rings (SSSR count). The molecular weight excluding hydrogens is 214 g/mol. The van der Waals surface area contributed by atoms with E-state index in [1.54, 1.807) is 12.3 Å². The van der Waals surface area contributed by atoms with E-state index in [0.29, 0.717) is 6.61 Å². The van der Waals surface area contributed by atoms with Crippen LogP contribution >= 0.6 is 0 Å². The number of ether oxygens (including phenoxy) is 1. The zero-order valence-electron chi connectivity index (χ0n) is 10.4. The Morgan fingerprint density at radius 2 is 1.94 bits per heavy atom. The fourth-order valence-electron chi connectivity index (χ4n) is 1.68. The van der Waals surface area contributed by atoms with Crippen molar-refractivity contribution in [2.75, 3.05) is 0 Å². The maximum atomic E-state index is 5.77. The Labute approximate surface area is 101 Å². The van der Waals surface area contributed by atoms with Gasteiger partial charge in [-0.3, -0.25) is 0 Å². The van der Waals surface area contributed by atoms with Crippen LogP contribution in [0.2, 0.25) is 0 Å². The first-order chi connectivity index (χ1) is 8.07. The summed E-state index contributed by atoms with van der Waals surface area (Å²) >= 11 is 0. The van der Waals surface area contributed by atoms with Gasteiger partial charge >= 0.3 is 0 Å². The summed E-state index contributed by atoms with van der Waals surface area (Å²) in [5.41, 5.74) is 1.26. The van der Waals surface area contributed by atoms with Gasteiger partial charge in [0, 0.05) is 6.07 Å². The molecule has 0 saturated carbocycles. The van der Waals surface area contributed by atoms with Crippen molar-refractivity contribution in [2.24, 2.45) is 0 Å². The van der Waals surface area contributed by atoms with Crippen LogP contribution in [0.25, 0.3) is 0 Å². The molecule has 3 heteroatoms. The topological polar surface area (TPSA) is 35.3 Å². The van der Waals surface area contributed by atoms with Gasteiger partial charge in [-0.15, -0.1) is 0 Å². The van der Waals surface area contributed by atoms with Crippen LogP contribution in [0.5, 0.6) is 5.75 Å². The van der Waals surface area contributed by atoms with E-state index >= 15 is 0 Å². The summed E-state index contributed by atoms with van der Waals surface area (Å²) in [4.78, 5) is 0. The molecule has 1 aromatic carbocycles. The molecule has 0 aliphatic carbocycles. The number of benzene rings is 1. The lowest BCUT2D eigenvalue weighted by Gasteiger charge is -2.22. The normalized spacial score (nSPS) is 11.5. The lowest BCUT2D eigenvalue weighted by molar-refractivity contribution is 0.244. The molecule has 1 aromatic heterocycles. The molecule has 17 heavy (non-hydrogen) atoms. The van der Waals surface area contributed by atoms with Crippen LogP contribution in [-0.2, 0) is 12.0 Å². The van der Waals surface area contributed by atoms with Gasteiger partial charge in [-0.1, -0.05) is 44.1 Å². The van der Waals surface area contributed by atoms with E-state index < -0.39 is 0 Å². The van der Waals surface area contributed by atoms with E-state index in [2.05, 4.69) is 32.0 Å². The minimum atomic E-state index is 0.0675. The molecule has 1 heterocycles. The Morgan fingerprint density at radius 3 is 2.59 bits per heavy atom. The summed E-state index contributed by atoms with van der Waals surface area (Å²) in [7, 11) is 0. The maximum Gasteiger partial charge on any atom is 0.174 e. The highest BCUT2D eigenvalue weighted by Gasteiger charge is 2.18. The molecule has 0 radical (unpaired) electrons. The van der Waals surface area contributed by atoms with Crippen LogP contribution < -0.4 is 4.74 Å². The number of hydrogen-bond donors (Lipinski definition) is 0. The first-order valence-corrected chi connectivity index (χ1v) is 5.69. The second kappa shape index (κ2) is 4.62. The first kappa shape index (κ1) is 11.7. The molecule has 0 aliphatic rings. The minimum Gasteiger partial charge on any atom is -0.485 e. The second-order valence-corrected chi connectivity index (χ2v) is 5.01. The zero-order valence-corrected chi connectivity index (χ0v) is 10.4. The van der Waals surface area contributed by atoms with Gasteiger partial charge in [0.05, 0.1) is 6.20 Å². The van der Waals surface area contributed by atoms with E-state index in [1.807, 2.05) is 18.2 Å². The van der Waals surface area contributed by atoms with E-state index in [0.717, 1.165) is 11.5 Å². The van der Waals surface area contributed by atoms with Crippen molar-refractivity contribution in [3.8, 4) is 5.75 Å². The monoisotopic (exact) mass is 231 g/mol. The van der Waals surface area contributed by atoms with E-state index in [1.165, 1.54) is 5.56 Å². The van der Waals surface area contributed by atoms with E-state index in [-0.39, 0.29) is 5.41 Å². The Morgan fingerprint density at radius 1 is 1.18 bits per heavy atom.